The van der Waals surface area contributed by atoms with Gasteiger partial charge in [0.2, 0.25) is 11.8 Å². The molecule has 0 saturated carbocycles. The van der Waals surface area contributed by atoms with Gasteiger partial charge >= 0.3 is 0 Å². The number of carbonyl (C=O) groups is 1. The Morgan fingerprint density at radius 1 is 1.20 bits per heavy atom. The third-order valence-electron chi connectivity index (χ3n) is 5.31. The number of hydrogen-bond acceptors (Lipinski definition) is 5. The summed E-state index contributed by atoms with van der Waals surface area (Å²) in [5.41, 5.74) is 2.75. The number of aromatic nitrogens is 2. The predicted octanol–water partition coefficient (Wildman–Crippen LogP) is 1.83. The summed E-state index contributed by atoms with van der Waals surface area (Å²) in [6, 6.07) is 8.52. The van der Waals surface area contributed by atoms with Crippen molar-refractivity contribution in [2.24, 2.45) is 5.92 Å². The molecule has 1 atom stereocenters. The molecule has 1 fully saturated rings. The molecule has 1 aliphatic carbocycles. The minimum Gasteiger partial charge on any atom is -0.340 e. The van der Waals surface area contributed by atoms with Gasteiger partial charge in [0.1, 0.15) is 0 Å². The molecule has 0 radical (unpaired) electrons. The minimum atomic E-state index is 0.140. The summed E-state index contributed by atoms with van der Waals surface area (Å²) in [4.78, 5) is 21.5. The zero-order valence-corrected chi connectivity index (χ0v) is 14.6. The van der Waals surface area contributed by atoms with Crippen LogP contribution in [0, 0.1) is 12.8 Å². The quantitative estimate of drug-likeness (QED) is 0.853. The van der Waals surface area contributed by atoms with Crippen LogP contribution in [0.25, 0.3) is 0 Å². The Labute approximate surface area is 147 Å². The largest absolute Gasteiger partial charge is 0.340 e. The fourth-order valence-corrected chi connectivity index (χ4v) is 3.90. The van der Waals surface area contributed by atoms with E-state index in [2.05, 4.69) is 39.3 Å². The fraction of sp³-hybridized carbons (Fsp3) is 0.526. The van der Waals surface area contributed by atoms with Crippen molar-refractivity contribution in [3.8, 4) is 0 Å². The summed E-state index contributed by atoms with van der Waals surface area (Å²) in [7, 11) is 0. The number of piperazine rings is 1. The number of amides is 1. The molecule has 0 unspecified atom stereocenters. The molecule has 132 valence electrons. The maximum atomic E-state index is 12.9. The van der Waals surface area contributed by atoms with Gasteiger partial charge < -0.3 is 9.42 Å². The Morgan fingerprint density at radius 3 is 2.68 bits per heavy atom. The molecule has 4 rings (SSSR count). The van der Waals surface area contributed by atoms with E-state index in [4.69, 9.17) is 4.52 Å². The number of benzene rings is 1. The van der Waals surface area contributed by atoms with Gasteiger partial charge in [-0.1, -0.05) is 29.4 Å². The predicted molar refractivity (Wildman–Crippen MR) is 92.8 cm³/mol. The highest BCUT2D eigenvalue weighted by Gasteiger charge is 2.30. The summed E-state index contributed by atoms with van der Waals surface area (Å²) >= 11 is 0. The highest BCUT2D eigenvalue weighted by molar-refractivity contribution is 5.79. The first-order chi connectivity index (χ1) is 12.2. The number of hydrogen-bond donors (Lipinski definition) is 0. The molecule has 1 aromatic heterocycles. The van der Waals surface area contributed by atoms with Gasteiger partial charge in [0.05, 0.1) is 6.54 Å². The van der Waals surface area contributed by atoms with Crippen molar-refractivity contribution in [1.82, 2.24) is 19.9 Å². The van der Waals surface area contributed by atoms with Gasteiger partial charge in [0.25, 0.3) is 0 Å². The standard InChI is InChI=1S/C19H24N4O2/c1-14-20-18(21-25-14)13-22-8-10-23(11-9-22)19(24)17-7-6-15-4-2-3-5-16(15)12-17/h2-5,17H,6-13H2,1H3/t17-/m1/s1. The van der Waals surface area contributed by atoms with Gasteiger partial charge in [-0.3, -0.25) is 9.69 Å². The van der Waals surface area contributed by atoms with Crippen molar-refractivity contribution in [2.75, 3.05) is 26.2 Å². The van der Waals surface area contributed by atoms with E-state index in [0.29, 0.717) is 18.3 Å². The van der Waals surface area contributed by atoms with E-state index in [1.807, 2.05) is 4.90 Å². The molecule has 1 aromatic carbocycles. The van der Waals surface area contributed by atoms with Gasteiger partial charge in [0.15, 0.2) is 5.82 Å². The third kappa shape index (κ3) is 3.58. The van der Waals surface area contributed by atoms with Crippen molar-refractivity contribution >= 4 is 5.91 Å². The lowest BCUT2D eigenvalue weighted by Crippen LogP contribution is -2.50. The van der Waals surface area contributed by atoms with E-state index < -0.39 is 0 Å². The normalized spacial score (nSPS) is 21.2. The van der Waals surface area contributed by atoms with Crippen molar-refractivity contribution in [2.45, 2.75) is 32.7 Å². The topological polar surface area (TPSA) is 62.5 Å². The minimum absolute atomic E-state index is 0.140. The molecule has 2 heterocycles. The van der Waals surface area contributed by atoms with Crippen molar-refractivity contribution in [1.29, 1.82) is 0 Å². The molecule has 6 nitrogen and oxygen atoms in total. The Morgan fingerprint density at radius 2 is 1.96 bits per heavy atom. The summed E-state index contributed by atoms with van der Waals surface area (Å²) < 4.78 is 5.02. The molecule has 1 aliphatic heterocycles. The van der Waals surface area contributed by atoms with Gasteiger partial charge in [-0.15, -0.1) is 0 Å². The Kier molecular flexibility index (Phi) is 4.53. The fourth-order valence-electron chi connectivity index (χ4n) is 3.90. The summed E-state index contributed by atoms with van der Waals surface area (Å²) in [5.74, 6) is 1.79. The molecule has 0 bridgehead atoms. The van der Waals surface area contributed by atoms with Crippen molar-refractivity contribution < 1.29 is 9.32 Å². The van der Waals surface area contributed by atoms with Crippen LogP contribution in [0.1, 0.15) is 29.3 Å². The molecule has 1 amide bonds. The van der Waals surface area contributed by atoms with Crippen LogP contribution in [0.15, 0.2) is 28.8 Å². The van der Waals surface area contributed by atoms with Crippen molar-refractivity contribution in [3.05, 3.63) is 47.1 Å². The molecular formula is C19H24N4O2. The first-order valence-electron chi connectivity index (χ1n) is 9.06. The average molecular weight is 340 g/mol. The summed E-state index contributed by atoms with van der Waals surface area (Å²) in [6.07, 6.45) is 2.87. The van der Waals surface area contributed by atoms with E-state index in [-0.39, 0.29) is 5.92 Å². The van der Waals surface area contributed by atoms with Gasteiger partial charge in [-0.2, -0.15) is 4.98 Å². The Hall–Kier alpha value is -2.21. The van der Waals surface area contributed by atoms with Crippen LogP contribution < -0.4 is 0 Å². The maximum Gasteiger partial charge on any atom is 0.226 e. The zero-order chi connectivity index (χ0) is 17.2. The highest BCUT2D eigenvalue weighted by Crippen LogP contribution is 2.27. The molecule has 2 aliphatic rings. The molecule has 0 spiro atoms. The van der Waals surface area contributed by atoms with Gasteiger partial charge in [0, 0.05) is 39.0 Å². The number of aryl methyl sites for hydroxylation is 2. The molecule has 6 heteroatoms. The monoisotopic (exact) mass is 340 g/mol. The molecule has 0 N–H and O–H groups in total. The van der Waals surface area contributed by atoms with E-state index in [1.165, 1.54) is 11.1 Å². The summed E-state index contributed by atoms with van der Waals surface area (Å²) in [5, 5.41) is 3.95. The number of rotatable bonds is 3. The summed E-state index contributed by atoms with van der Waals surface area (Å²) in [6.45, 7) is 5.79. The van der Waals surface area contributed by atoms with Crippen LogP contribution in [0.5, 0.6) is 0 Å². The van der Waals surface area contributed by atoms with Crippen LogP contribution >= 0.6 is 0 Å². The van der Waals surface area contributed by atoms with Crippen LogP contribution in [0.2, 0.25) is 0 Å². The molecule has 25 heavy (non-hydrogen) atoms. The first kappa shape index (κ1) is 16.3. The van der Waals surface area contributed by atoms with E-state index in [1.54, 1.807) is 6.92 Å². The van der Waals surface area contributed by atoms with E-state index in [0.717, 1.165) is 51.3 Å². The van der Waals surface area contributed by atoms with Crippen molar-refractivity contribution in [3.63, 3.8) is 0 Å². The van der Waals surface area contributed by atoms with E-state index >= 15 is 0 Å². The molecular weight excluding hydrogens is 316 g/mol. The van der Waals surface area contributed by atoms with Gasteiger partial charge in [-0.25, -0.2) is 0 Å². The zero-order valence-electron chi connectivity index (χ0n) is 14.6. The second-order valence-corrected chi connectivity index (χ2v) is 7.04. The smallest absolute Gasteiger partial charge is 0.226 e. The number of fused-ring (bicyclic) bond motifs is 1. The number of nitrogens with zero attached hydrogens (tertiary/aromatic N) is 4. The van der Waals surface area contributed by atoms with Crippen LogP contribution in [-0.4, -0.2) is 52.0 Å². The average Bonchev–Trinajstić information content (AvgIpc) is 3.06. The maximum absolute atomic E-state index is 12.9. The van der Waals surface area contributed by atoms with Gasteiger partial charge in [-0.05, 0) is 30.4 Å². The second-order valence-electron chi connectivity index (χ2n) is 7.04. The lowest BCUT2D eigenvalue weighted by molar-refractivity contribution is -0.137. The Bertz CT molecular complexity index is 749. The molecule has 2 aromatic rings. The second kappa shape index (κ2) is 6.96. The lowest BCUT2D eigenvalue weighted by Gasteiger charge is -2.37. The van der Waals surface area contributed by atoms with Crippen LogP contribution in [0.3, 0.4) is 0 Å². The van der Waals surface area contributed by atoms with Crippen LogP contribution in [0.4, 0.5) is 0 Å². The van der Waals surface area contributed by atoms with E-state index in [9.17, 15) is 4.79 Å². The Balaban J connectivity index is 1.31. The molecule has 1 saturated heterocycles. The third-order valence-corrected chi connectivity index (χ3v) is 5.31. The highest BCUT2D eigenvalue weighted by atomic mass is 16.5. The first-order valence-corrected chi connectivity index (χ1v) is 9.06. The lowest BCUT2D eigenvalue weighted by atomic mass is 9.83. The van der Waals surface area contributed by atoms with Crippen LogP contribution in [-0.2, 0) is 24.2 Å². The SMILES string of the molecule is Cc1nc(CN2CCN(C(=O)[C@@H]3CCc4ccccc4C3)CC2)no1. The number of carbonyl (C=O) groups excluding carboxylic acids is 1.